The summed E-state index contributed by atoms with van der Waals surface area (Å²) in [6, 6.07) is 1.70. The summed E-state index contributed by atoms with van der Waals surface area (Å²) in [5.41, 5.74) is 0.623. The van der Waals surface area contributed by atoms with Crippen LogP contribution in [0.3, 0.4) is 0 Å². The standard InChI is InChI=1S/C9H10O3S/c1-2-7(9(11)12)8(10)6-3-4-13-5-6/h2-5,7-8,10H,1H2,(H,11,12)/t7-,8+/m1/s1. The van der Waals surface area contributed by atoms with Gasteiger partial charge in [-0.3, -0.25) is 4.79 Å². The summed E-state index contributed by atoms with van der Waals surface area (Å²) in [6.45, 7) is 3.38. The first kappa shape index (κ1) is 9.95. The molecule has 0 unspecified atom stereocenters. The highest BCUT2D eigenvalue weighted by Gasteiger charge is 2.24. The summed E-state index contributed by atoms with van der Waals surface area (Å²) in [7, 11) is 0. The van der Waals surface area contributed by atoms with Crippen molar-refractivity contribution in [3.63, 3.8) is 0 Å². The molecule has 1 heterocycles. The summed E-state index contributed by atoms with van der Waals surface area (Å²) in [5.74, 6) is -2.00. The van der Waals surface area contributed by atoms with E-state index in [1.165, 1.54) is 17.4 Å². The van der Waals surface area contributed by atoms with Crippen molar-refractivity contribution >= 4 is 17.3 Å². The maximum Gasteiger partial charge on any atom is 0.313 e. The number of aliphatic hydroxyl groups excluding tert-OH is 1. The Hall–Kier alpha value is -1.13. The SMILES string of the molecule is C=C[C@@H](C(=O)O)[C@@H](O)c1ccsc1. The Morgan fingerprint density at radius 3 is 2.77 bits per heavy atom. The average Bonchev–Trinajstić information content (AvgIpc) is 2.56. The number of carbonyl (C=O) groups is 1. The van der Waals surface area contributed by atoms with E-state index in [1.54, 1.807) is 16.8 Å². The number of hydrogen-bond acceptors (Lipinski definition) is 3. The van der Waals surface area contributed by atoms with Crippen LogP contribution in [0.5, 0.6) is 0 Å². The van der Waals surface area contributed by atoms with E-state index < -0.39 is 18.0 Å². The van der Waals surface area contributed by atoms with Crippen LogP contribution in [0.2, 0.25) is 0 Å². The number of thiophene rings is 1. The zero-order valence-corrected chi connectivity index (χ0v) is 7.70. The molecule has 0 fully saturated rings. The minimum Gasteiger partial charge on any atom is -0.481 e. The molecule has 0 bridgehead atoms. The number of rotatable bonds is 4. The Bertz CT molecular complexity index is 292. The van der Waals surface area contributed by atoms with Crippen molar-refractivity contribution < 1.29 is 15.0 Å². The van der Waals surface area contributed by atoms with Gasteiger partial charge in [0, 0.05) is 0 Å². The van der Waals surface area contributed by atoms with Crippen LogP contribution in [-0.4, -0.2) is 16.2 Å². The van der Waals surface area contributed by atoms with Crippen LogP contribution < -0.4 is 0 Å². The van der Waals surface area contributed by atoms with Gasteiger partial charge in [0.1, 0.15) is 5.92 Å². The van der Waals surface area contributed by atoms with E-state index in [0.29, 0.717) is 5.56 Å². The fourth-order valence-electron chi connectivity index (χ4n) is 1.02. The van der Waals surface area contributed by atoms with Crippen LogP contribution in [0, 0.1) is 5.92 Å². The molecular weight excluding hydrogens is 188 g/mol. The van der Waals surface area contributed by atoms with Crippen molar-refractivity contribution in [1.82, 2.24) is 0 Å². The molecule has 1 aromatic heterocycles. The van der Waals surface area contributed by atoms with E-state index in [2.05, 4.69) is 6.58 Å². The summed E-state index contributed by atoms with van der Waals surface area (Å²) >= 11 is 1.42. The van der Waals surface area contributed by atoms with Crippen molar-refractivity contribution in [3.8, 4) is 0 Å². The molecule has 0 saturated heterocycles. The Kier molecular flexibility index (Phi) is 3.22. The molecule has 2 N–H and O–H groups in total. The van der Waals surface area contributed by atoms with E-state index in [0.717, 1.165) is 0 Å². The van der Waals surface area contributed by atoms with Crippen LogP contribution in [0.15, 0.2) is 29.5 Å². The molecule has 70 valence electrons. The van der Waals surface area contributed by atoms with Gasteiger partial charge in [-0.2, -0.15) is 11.3 Å². The second kappa shape index (κ2) is 4.20. The van der Waals surface area contributed by atoms with E-state index in [-0.39, 0.29) is 0 Å². The minimum absolute atomic E-state index is 0.623. The zero-order valence-electron chi connectivity index (χ0n) is 6.88. The third-order valence-corrected chi connectivity index (χ3v) is 2.47. The highest BCUT2D eigenvalue weighted by molar-refractivity contribution is 7.07. The van der Waals surface area contributed by atoms with Gasteiger partial charge in [-0.05, 0) is 22.4 Å². The first-order chi connectivity index (χ1) is 6.16. The topological polar surface area (TPSA) is 57.5 Å². The summed E-state index contributed by atoms with van der Waals surface area (Å²) < 4.78 is 0. The lowest BCUT2D eigenvalue weighted by atomic mass is 9.98. The molecule has 2 atom stereocenters. The van der Waals surface area contributed by atoms with Crippen LogP contribution in [0.1, 0.15) is 11.7 Å². The lowest BCUT2D eigenvalue weighted by Crippen LogP contribution is -2.19. The highest BCUT2D eigenvalue weighted by Crippen LogP contribution is 2.24. The lowest BCUT2D eigenvalue weighted by Gasteiger charge is -2.13. The molecule has 13 heavy (non-hydrogen) atoms. The molecule has 1 aromatic rings. The van der Waals surface area contributed by atoms with Gasteiger partial charge in [0.15, 0.2) is 0 Å². The highest BCUT2D eigenvalue weighted by atomic mass is 32.1. The molecule has 0 aromatic carbocycles. The molecule has 1 rings (SSSR count). The second-order valence-electron chi connectivity index (χ2n) is 2.60. The fraction of sp³-hybridized carbons (Fsp3) is 0.222. The quantitative estimate of drug-likeness (QED) is 0.723. The molecule has 0 saturated carbocycles. The third-order valence-electron chi connectivity index (χ3n) is 1.76. The number of hydrogen-bond donors (Lipinski definition) is 2. The summed E-state index contributed by atoms with van der Waals surface area (Å²) in [4.78, 5) is 10.6. The van der Waals surface area contributed by atoms with Gasteiger partial charge in [-0.1, -0.05) is 6.08 Å². The van der Waals surface area contributed by atoms with Crippen molar-refractivity contribution in [2.75, 3.05) is 0 Å². The first-order valence-electron chi connectivity index (χ1n) is 3.72. The van der Waals surface area contributed by atoms with E-state index in [4.69, 9.17) is 5.11 Å². The van der Waals surface area contributed by atoms with Gasteiger partial charge >= 0.3 is 5.97 Å². The minimum atomic E-state index is -1.06. The van der Waals surface area contributed by atoms with Gasteiger partial charge in [0.25, 0.3) is 0 Å². The van der Waals surface area contributed by atoms with Crippen LogP contribution >= 0.6 is 11.3 Å². The monoisotopic (exact) mass is 198 g/mol. The van der Waals surface area contributed by atoms with Crippen molar-refractivity contribution in [2.45, 2.75) is 6.10 Å². The Morgan fingerprint density at radius 2 is 2.38 bits per heavy atom. The van der Waals surface area contributed by atoms with E-state index in [9.17, 15) is 9.90 Å². The molecule has 4 heteroatoms. The molecule has 0 amide bonds. The maximum atomic E-state index is 10.6. The van der Waals surface area contributed by atoms with Gasteiger partial charge in [-0.15, -0.1) is 6.58 Å². The largest absolute Gasteiger partial charge is 0.481 e. The molecule has 0 radical (unpaired) electrons. The van der Waals surface area contributed by atoms with Crippen molar-refractivity contribution in [2.24, 2.45) is 5.92 Å². The summed E-state index contributed by atoms with van der Waals surface area (Å²) in [5, 5.41) is 21.8. The molecule has 3 nitrogen and oxygen atoms in total. The second-order valence-corrected chi connectivity index (χ2v) is 3.38. The molecule has 0 aliphatic rings. The first-order valence-corrected chi connectivity index (χ1v) is 4.66. The molecular formula is C9H10O3S. The Labute approximate surface area is 80.0 Å². The molecule has 0 aliphatic carbocycles. The molecule has 0 spiro atoms. The van der Waals surface area contributed by atoms with Gasteiger partial charge < -0.3 is 10.2 Å². The average molecular weight is 198 g/mol. The molecule has 0 aliphatic heterocycles. The van der Waals surface area contributed by atoms with Gasteiger partial charge in [-0.25, -0.2) is 0 Å². The number of aliphatic carboxylic acids is 1. The number of carboxylic acid groups (broad SMARTS) is 1. The van der Waals surface area contributed by atoms with Gasteiger partial charge in [0.2, 0.25) is 0 Å². The van der Waals surface area contributed by atoms with E-state index in [1.807, 2.05) is 0 Å². The number of aliphatic hydroxyl groups is 1. The van der Waals surface area contributed by atoms with E-state index >= 15 is 0 Å². The lowest BCUT2D eigenvalue weighted by molar-refractivity contribution is -0.143. The predicted octanol–water partition coefficient (Wildman–Crippen LogP) is 1.67. The van der Waals surface area contributed by atoms with Crippen LogP contribution in [0.25, 0.3) is 0 Å². The van der Waals surface area contributed by atoms with Gasteiger partial charge in [0.05, 0.1) is 6.10 Å². The Morgan fingerprint density at radius 1 is 1.69 bits per heavy atom. The normalized spacial score (nSPS) is 14.8. The van der Waals surface area contributed by atoms with Crippen molar-refractivity contribution in [3.05, 3.63) is 35.0 Å². The maximum absolute atomic E-state index is 10.6. The summed E-state index contributed by atoms with van der Waals surface area (Å²) in [6.07, 6.45) is 0.242. The fourth-order valence-corrected chi connectivity index (χ4v) is 1.70. The third kappa shape index (κ3) is 2.17. The van der Waals surface area contributed by atoms with Crippen molar-refractivity contribution in [1.29, 1.82) is 0 Å². The van der Waals surface area contributed by atoms with Crippen LogP contribution in [0.4, 0.5) is 0 Å². The Balaban J connectivity index is 2.82. The predicted molar refractivity (Wildman–Crippen MR) is 50.6 cm³/mol. The number of carboxylic acids is 1. The smallest absolute Gasteiger partial charge is 0.313 e. The van der Waals surface area contributed by atoms with Crippen LogP contribution in [-0.2, 0) is 4.79 Å². The zero-order chi connectivity index (χ0) is 9.84.